The van der Waals surface area contributed by atoms with Crippen molar-refractivity contribution < 1.29 is 13.2 Å². The highest BCUT2D eigenvalue weighted by molar-refractivity contribution is 7.92. The Morgan fingerprint density at radius 2 is 1.90 bits per heavy atom. The van der Waals surface area contributed by atoms with Crippen LogP contribution < -0.4 is 10.0 Å². The number of anilines is 1. The lowest BCUT2D eigenvalue weighted by Gasteiger charge is -2.08. The van der Waals surface area contributed by atoms with Gasteiger partial charge in [-0.3, -0.25) is 0 Å². The lowest BCUT2D eigenvalue weighted by Crippen LogP contribution is -2.33. The van der Waals surface area contributed by atoms with E-state index in [1.165, 1.54) is 24.3 Å². The summed E-state index contributed by atoms with van der Waals surface area (Å²) in [6, 6.07) is 6.52. The fourth-order valence-electron chi connectivity index (χ4n) is 1.32. The van der Waals surface area contributed by atoms with Gasteiger partial charge in [0.15, 0.2) is 0 Å². The van der Waals surface area contributed by atoms with E-state index in [9.17, 15) is 13.2 Å². The normalized spacial score (nSPS) is 11.1. The molecule has 5 nitrogen and oxygen atoms in total. The topological polar surface area (TPSA) is 75.3 Å². The second-order valence-electron chi connectivity index (χ2n) is 3.62. The first-order valence-corrected chi connectivity index (χ1v) is 8.33. The predicted molar refractivity (Wildman–Crippen MR) is 80.1 cm³/mol. The third-order valence-corrected chi connectivity index (χ3v) is 5.63. The first-order chi connectivity index (χ1) is 9.38. The van der Waals surface area contributed by atoms with Crippen molar-refractivity contribution in [2.24, 2.45) is 0 Å². The molecule has 0 spiro atoms. The number of rotatable bonds is 3. The van der Waals surface area contributed by atoms with Crippen molar-refractivity contribution in [3.63, 3.8) is 0 Å². The van der Waals surface area contributed by atoms with Gasteiger partial charge in [-0.05, 0) is 29.6 Å². The molecular weight excluding hydrogens is 343 g/mol. The predicted octanol–water partition coefficient (Wildman–Crippen LogP) is 3.57. The third kappa shape index (κ3) is 3.63. The van der Waals surface area contributed by atoms with Gasteiger partial charge in [-0.2, -0.15) is 0 Å². The van der Waals surface area contributed by atoms with E-state index in [2.05, 4.69) is 5.32 Å². The number of carbonyl (C=O) groups excluding carboxylic acids is 1. The summed E-state index contributed by atoms with van der Waals surface area (Å²) in [4.78, 5) is 11.6. The van der Waals surface area contributed by atoms with Crippen LogP contribution in [0.5, 0.6) is 0 Å². The number of carbonyl (C=O) groups is 1. The van der Waals surface area contributed by atoms with Crippen molar-refractivity contribution in [2.45, 2.75) is 4.21 Å². The summed E-state index contributed by atoms with van der Waals surface area (Å²) in [5.41, 5.74) is 0.332. The van der Waals surface area contributed by atoms with Crippen molar-refractivity contribution in [1.82, 2.24) is 4.72 Å². The zero-order valence-corrected chi connectivity index (χ0v) is 12.9. The van der Waals surface area contributed by atoms with Crippen molar-refractivity contribution in [3.05, 3.63) is 45.8 Å². The molecule has 0 saturated carbocycles. The molecule has 0 bridgehead atoms. The van der Waals surface area contributed by atoms with Gasteiger partial charge in [0.05, 0.1) is 10.0 Å². The summed E-state index contributed by atoms with van der Waals surface area (Å²) in [6.45, 7) is 0. The molecule has 0 aliphatic heterocycles. The Morgan fingerprint density at radius 3 is 2.50 bits per heavy atom. The fourth-order valence-corrected chi connectivity index (χ4v) is 3.52. The Balaban J connectivity index is 2.08. The molecule has 1 heterocycles. The molecule has 0 fully saturated rings. The molecule has 2 rings (SSSR count). The Labute approximate surface area is 129 Å². The van der Waals surface area contributed by atoms with Crippen LogP contribution in [0, 0.1) is 0 Å². The summed E-state index contributed by atoms with van der Waals surface area (Å²) in [6.07, 6.45) is 0. The zero-order chi connectivity index (χ0) is 14.8. The van der Waals surface area contributed by atoms with Crippen LogP contribution in [0.2, 0.25) is 10.0 Å². The van der Waals surface area contributed by atoms with Gasteiger partial charge >= 0.3 is 6.03 Å². The van der Waals surface area contributed by atoms with E-state index in [1.54, 1.807) is 11.4 Å². The summed E-state index contributed by atoms with van der Waals surface area (Å²) in [5.74, 6) is 0. The first kappa shape index (κ1) is 15.1. The van der Waals surface area contributed by atoms with E-state index in [1.807, 2.05) is 4.72 Å². The average molecular weight is 351 g/mol. The maximum absolute atomic E-state index is 11.8. The van der Waals surface area contributed by atoms with Crippen LogP contribution in [0.3, 0.4) is 0 Å². The van der Waals surface area contributed by atoms with E-state index >= 15 is 0 Å². The van der Waals surface area contributed by atoms with E-state index < -0.39 is 16.1 Å². The fraction of sp³-hybridized carbons (Fsp3) is 0. The minimum absolute atomic E-state index is 0.0572. The number of benzene rings is 1. The van der Waals surface area contributed by atoms with Gasteiger partial charge in [0.25, 0.3) is 10.0 Å². The third-order valence-electron chi connectivity index (χ3n) is 2.16. The molecule has 9 heteroatoms. The molecule has 2 amide bonds. The van der Waals surface area contributed by atoms with E-state index in [0.29, 0.717) is 10.7 Å². The minimum Gasteiger partial charge on any atom is -0.307 e. The number of urea groups is 1. The van der Waals surface area contributed by atoms with Gasteiger partial charge in [-0.15, -0.1) is 11.3 Å². The van der Waals surface area contributed by atoms with Crippen LogP contribution in [-0.4, -0.2) is 14.4 Å². The molecule has 1 aromatic carbocycles. The molecule has 1 aromatic heterocycles. The number of hydrogen-bond donors (Lipinski definition) is 2. The van der Waals surface area contributed by atoms with Gasteiger partial charge in [0.2, 0.25) is 0 Å². The summed E-state index contributed by atoms with van der Waals surface area (Å²) in [5, 5.41) is 4.56. The Morgan fingerprint density at radius 1 is 1.15 bits per heavy atom. The molecule has 0 atom stereocenters. The van der Waals surface area contributed by atoms with Gasteiger partial charge in [0, 0.05) is 5.69 Å². The van der Waals surface area contributed by atoms with Crippen LogP contribution >= 0.6 is 34.5 Å². The van der Waals surface area contributed by atoms with Crippen LogP contribution in [0.1, 0.15) is 0 Å². The van der Waals surface area contributed by atoms with E-state index in [-0.39, 0.29) is 9.23 Å². The molecule has 2 N–H and O–H groups in total. The highest BCUT2D eigenvalue weighted by Crippen LogP contribution is 2.25. The lowest BCUT2D eigenvalue weighted by molar-refractivity contribution is 0.256. The summed E-state index contributed by atoms with van der Waals surface area (Å²) >= 11 is 12.5. The maximum atomic E-state index is 11.8. The maximum Gasteiger partial charge on any atom is 0.333 e. The Kier molecular flexibility index (Phi) is 4.54. The van der Waals surface area contributed by atoms with Crippen LogP contribution in [0.15, 0.2) is 39.9 Å². The van der Waals surface area contributed by atoms with Crippen molar-refractivity contribution in [2.75, 3.05) is 5.32 Å². The zero-order valence-electron chi connectivity index (χ0n) is 9.76. The smallest absolute Gasteiger partial charge is 0.307 e. The standard InChI is InChI=1S/C11H8Cl2N2O3S2/c12-8-4-3-7(6-9(8)13)14-11(16)15-20(17,18)10-2-1-5-19-10/h1-6H,(H2,14,15,16). The molecule has 0 saturated heterocycles. The Hall–Kier alpha value is -1.28. The first-order valence-electron chi connectivity index (χ1n) is 5.21. The van der Waals surface area contributed by atoms with Crippen LogP contribution in [-0.2, 0) is 10.0 Å². The van der Waals surface area contributed by atoms with Gasteiger partial charge in [-0.25, -0.2) is 17.9 Å². The van der Waals surface area contributed by atoms with Crippen LogP contribution in [0.25, 0.3) is 0 Å². The van der Waals surface area contributed by atoms with Gasteiger partial charge in [0.1, 0.15) is 4.21 Å². The second-order valence-corrected chi connectivity index (χ2v) is 7.29. The highest BCUT2D eigenvalue weighted by atomic mass is 35.5. The Bertz CT molecular complexity index is 730. The van der Waals surface area contributed by atoms with Crippen molar-refractivity contribution in [1.29, 1.82) is 0 Å². The highest BCUT2D eigenvalue weighted by Gasteiger charge is 2.18. The summed E-state index contributed by atoms with van der Waals surface area (Å²) < 4.78 is 25.6. The average Bonchev–Trinajstić information content (AvgIpc) is 2.87. The van der Waals surface area contributed by atoms with Crippen molar-refractivity contribution in [3.8, 4) is 0 Å². The second kappa shape index (κ2) is 6.01. The van der Waals surface area contributed by atoms with Crippen molar-refractivity contribution >= 4 is 56.3 Å². The largest absolute Gasteiger partial charge is 0.333 e. The molecule has 0 aliphatic rings. The molecule has 0 radical (unpaired) electrons. The van der Waals surface area contributed by atoms with Gasteiger partial charge < -0.3 is 5.32 Å². The quantitative estimate of drug-likeness (QED) is 0.888. The lowest BCUT2D eigenvalue weighted by atomic mass is 10.3. The number of amides is 2. The number of thiophene rings is 1. The summed E-state index contributed by atoms with van der Waals surface area (Å²) in [7, 11) is -3.86. The number of halogens is 2. The van der Waals surface area contributed by atoms with E-state index in [0.717, 1.165) is 11.3 Å². The van der Waals surface area contributed by atoms with Gasteiger partial charge in [-0.1, -0.05) is 29.3 Å². The molecule has 0 aliphatic carbocycles. The molecule has 20 heavy (non-hydrogen) atoms. The number of sulfonamides is 1. The number of hydrogen-bond acceptors (Lipinski definition) is 4. The number of nitrogens with one attached hydrogen (secondary N) is 2. The van der Waals surface area contributed by atoms with Crippen LogP contribution in [0.4, 0.5) is 10.5 Å². The van der Waals surface area contributed by atoms with E-state index in [4.69, 9.17) is 23.2 Å². The molecular formula is C11H8Cl2N2O3S2. The molecule has 106 valence electrons. The molecule has 0 unspecified atom stereocenters. The minimum atomic E-state index is -3.86. The SMILES string of the molecule is O=C(Nc1ccc(Cl)c(Cl)c1)NS(=O)(=O)c1cccs1. The monoisotopic (exact) mass is 350 g/mol. The molecule has 2 aromatic rings.